The van der Waals surface area contributed by atoms with E-state index in [1.54, 1.807) is 4.40 Å². The van der Waals surface area contributed by atoms with Gasteiger partial charge < -0.3 is 10.1 Å². The van der Waals surface area contributed by atoms with E-state index in [9.17, 15) is 4.79 Å². The lowest BCUT2D eigenvalue weighted by atomic mass is 10.1. The van der Waals surface area contributed by atoms with Crippen molar-refractivity contribution in [3.63, 3.8) is 0 Å². The number of aryl methyl sites for hydroxylation is 1. The average Bonchev–Trinajstić information content (AvgIpc) is 3.01. The second-order valence-corrected chi connectivity index (χ2v) is 5.90. The highest BCUT2D eigenvalue weighted by Crippen LogP contribution is 2.18. The zero-order chi connectivity index (χ0) is 19.1. The molecule has 0 aliphatic heterocycles. The van der Waals surface area contributed by atoms with Crippen molar-refractivity contribution < 1.29 is 9.53 Å². The minimum atomic E-state index is -0.197. The Bertz CT molecular complexity index is 1020. The summed E-state index contributed by atoms with van der Waals surface area (Å²) in [6.45, 7) is 6.08. The Hall–Kier alpha value is -3.52. The predicted octanol–water partition coefficient (Wildman–Crippen LogP) is 3.18. The Balaban J connectivity index is 1.54. The van der Waals surface area contributed by atoms with Crippen LogP contribution >= 0.6 is 0 Å². The molecule has 3 aromatic rings. The van der Waals surface area contributed by atoms with Gasteiger partial charge in [-0.05, 0) is 37.1 Å². The molecule has 2 aromatic heterocycles. The SMILES string of the molecule is C=CCc1ccccc1OCC#CCNC(=O)c1c(C)nc2ccccn12. The largest absolute Gasteiger partial charge is 0.481 e. The van der Waals surface area contributed by atoms with Gasteiger partial charge in [-0.1, -0.05) is 42.2 Å². The van der Waals surface area contributed by atoms with Crippen LogP contribution in [0.4, 0.5) is 0 Å². The van der Waals surface area contributed by atoms with Gasteiger partial charge in [-0.15, -0.1) is 6.58 Å². The van der Waals surface area contributed by atoms with Crippen LogP contribution in [0.5, 0.6) is 5.75 Å². The summed E-state index contributed by atoms with van der Waals surface area (Å²) in [6, 6.07) is 13.4. The van der Waals surface area contributed by atoms with Gasteiger partial charge in [0.15, 0.2) is 0 Å². The first kappa shape index (κ1) is 18.3. The number of imidazole rings is 1. The molecule has 0 unspecified atom stereocenters. The molecule has 0 radical (unpaired) electrons. The number of carbonyl (C=O) groups is 1. The molecule has 1 amide bonds. The van der Waals surface area contributed by atoms with Crippen LogP contribution in [0.2, 0.25) is 0 Å². The van der Waals surface area contributed by atoms with Crippen molar-refractivity contribution in [1.82, 2.24) is 14.7 Å². The number of allylic oxidation sites excluding steroid dienone is 1. The molecule has 1 N–H and O–H groups in total. The maximum atomic E-state index is 12.4. The van der Waals surface area contributed by atoms with Crippen LogP contribution in [-0.2, 0) is 6.42 Å². The summed E-state index contributed by atoms with van der Waals surface area (Å²) in [5.41, 5.74) is 3.04. The summed E-state index contributed by atoms with van der Waals surface area (Å²) in [4.78, 5) is 16.8. The van der Waals surface area contributed by atoms with E-state index in [0.717, 1.165) is 23.4 Å². The molecule has 5 heteroatoms. The van der Waals surface area contributed by atoms with E-state index in [1.165, 1.54) is 0 Å². The van der Waals surface area contributed by atoms with Crippen LogP contribution in [0.25, 0.3) is 5.65 Å². The molecule has 0 atom stereocenters. The Kier molecular flexibility index (Phi) is 5.91. The molecule has 0 spiro atoms. The van der Waals surface area contributed by atoms with Gasteiger partial charge in [0.1, 0.15) is 23.7 Å². The molecule has 0 aliphatic rings. The molecule has 0 fully saturated rings. The number of amides is 1. The highest BCUT2D eigenvalue weighted by molar-refractivity contribution is 5.94. The van der Waals surface area contributed by atoms with E-state index in [1.807, 2.05) is 61.7 Å². The van der Waals surface area contributed by atoms with Crippen LogP contribution < -0.4 is 10.1 Å². The third-order valence-corrected chi connectivity index (χ3v) is 4.02. The zero-order valence-electron chi connectivity index (χ0n) is 15.2. The number of para-hydroxylation sites is 1. The monoisotopic (exact) mass is 359 g/mol. The van der Waals surface area contributed by atoms with Gasteiger partial charge in [-0.3, -0.25) is 9.20 Å². The van der Waals surface area contributed by atoms with Crippen molar-refractivity contribution in [2.75, 3.05) is 13.2 Å². The van der Waals surface area contributed by atoms with Gasteiger partial charge in [0, 0.05) is 6.20 Å². The number of pyridine rings is 1. The predicted molar refractivity (Wildman–Crippen MR) is 106 cm³/mol. The van der Waals surface area contributed by atoms with Crippen LogP contribution in [0.3, 0.4) is 0 Å². The molecule has 0 bridgehead atoms. The van der Waals surface area contributed by atoms with E-state index in [0.29, 0.717) is 11.4 Å². The minimum Gasteiger partial charge on any atom is -0.481 e. The number of nitrogens with one attached hydrogen (secondary N) is 1. The molecular weight excluding hydrogens is 338 g/mol. The molecule has 1 aromatic carbocycles. The fourth-order valence-corrected chi connectivity index (χ4v) is 2.79. The van der Waals surface area contributed by atoms with E-state index in [-0.39, 0.29) is 19.1 Å². The molecule has 0 saturated heterocycles. The van der Waals surface area contributed by atoms with Gasteiger partial charge in [0.05, 0.1) is 12.2 Å². The number of fused-ring (bicyclic) bond motifs is 1. The van der Waals surface area contributed by atoms with Crippen molar-refractivity contribution in [2.45, 2.75) is 13.3 Å². The second kappa shape index (κ2) is 8.72. The van der Waals surface area contributed by atoms with E-state index < -0.39 is 0 Å². The first-order chi connectivity index (χ1) is 13.2. The molecule has 5 nitrogen and oxygen atoms in total. The van der Waals surface area contributed by atoms with Gasteiger partial charge in [-0.25, -0.2) is 4.98 Å². The normalized spacial score (nSPS) is 10.1. The number of aromatic nitrogens is 2. The third-order valence-electron chi connectivity index (χ3n) is 4.02. The molecular formula is C22H21N3O2. The summed E-state index contributed by atoms with van der Waals surface area (Å²) >= 11 is 0. The van der Waals surface area contributed by atoms with Crippen LogP contribution in [0.15, 0.2) is 61.3 Å². The molecule has 3 rings (SSSR count). The Morgan fingerprint density at radius 3 is 2.93 bits per heavy atom. The van der Waals surface area contributed by atoms with Gasteiger partial charge in [0.2, 0.25) is 0 Å². The summed E-state index contributed by atoms with van der Waals surface area (Å²) in [7, 11) is 0. The Morgan fingerprint density at radius 2 is 2.07 bits per heavy atom. The lowest BCUT2D eigenvalue weighted by Gasteiger charge is -2.07. The zero-order valence-corrected chi connectivity index (χ0v) is 15.2. The van der Waals surface area contributed by atoms with Crippen molar-refractivity contribution in [1.29, 1.82) is 0 Å². The topological polar surface area (TPSA) is 55.6 Å². The number of nitrogens with zero attached hydrogens (tertiary/aromatic N) is 2. The smallest absolute Gasteiger partial charge is 0.270 e. The van der Waals surface area contributed by atoms with Crippen molar-refractivity contribution in [3.8, 4) is 17.6 Å². The first-order valence-electron chi connectivity index (χ1n) is 8.70. The quantitative estimate of drug-likeness (QED) is 0.543. The number of benzene rings is 1. The summed E-state index contributed by atoms with van der Waals surface area (Å²) < 4.78 is 7.47. The molecule has 0 saturated carbocycles. The highest BCUT2D eigenvalue weighted by Gasteiger charge is 2.15. The third kappa shape index (κ3) is 4.36. The second-order valence-electron chi connectivity index (χ2n) is 5.90. The summed E-state index contributed by atoms with van der Waals surface area (Å²) in [5.74, 6) is 6.44. The maximum absolute atomic E-state index is 12.4. The van der Waals surface area contributed by atoms with Crippen LogP contribution in [0, 0.1) is 18.8 Å². The van der Waals surface area contributed by atoms with E-state index >= 15 is 0 Å². The maximum Gasteiger partial charge on any atom is 0.270 e. The standard InChI is InChI=1S/C22H21N3O2/c1-3-10-18-11-4-5-12-19(18)27-16-9-7-14-23-22(26)21-17(2)24-20-13-6-8-15-25(20)21/h3-6,8,11-13,15H,1,10,14,16H2,2H3,(H,23,26). The Morgan fingerprint density at radius 1 is 1.26 bits per heavy atom. The minimum absolute atomic E-state index is 0.197. The summed E-state index contributed by atoms with van der Waals surface area (Å²) in [6.07, 6.45) is 4.41. The Labute approximate surface area is 158 Å². The lowest BCUT2D eigenvalue weighted by molar-refractivity contribution is 0.0952. The van der Waals surface area contributed by atoms with E-state index in [2.05, 4.69) is 28.7 Å². The van der Waals surface area contributed by atoms with Crippen molar-refractivity contribution in [3.05, 3.63) is 78.3 Å². The fraction of sp³-hybridized carbons (Fsp3) is 0.182. The summed E-state index contributed by atoms with van der Waals surface area (Å²) in [5, 5.41) is 2.81. The van der Waals surface area contributed by atoms with Crippen LogP contribution in [-0.4, -0.2) is 28.4 Å². The number of hydrogen-bond donors (Lipinski definition) is 1. The van der Waals surface area contributed by atoms with Gasteiger partial charge >= 0.3 is 0 Å². The van der Waals surface area contributed by atoms with Gasteiger partial charge in [-0.2, -0.15) is 0 Å². The van der Waals surface area contributed by atoms with Gasteiger partial charge in [0.25, 0.3) is 5.91 Å². The average molecular weight is 359 g/mol. The number of hydrogen-bond acceptors (Lipinski definition) is 3. The molecule has 0 aliphatic carbocycles. The molecule has 136 valence electrons. The molecule has 2 heterocycles. The fourth-order valence-electron chi connectivity index (χ4n) is 2.79. The highest BCUT2D eigenvalue weighted by atomic mass is 16.5. The first-order valence-corrected chi connectivity index (χ1v) is 8.70. The van der Waals surface area contributed by atoms with E-state index in [4.69, 9.17) is 4.74 Å². The number of carbonyl (C=O) groups excluding carboxylic acids is 1. The number of ether oxygens (including phenoxy) is 1. The van der Waals surface area contributed by atoms with Crippen molar-refractivity contribution in [2.24, 2.45) is 0 Å². The number of rotatable bonds is 6. The lowest BCUT2D eigenvalue weighted by Crippen LogP contribution is -2.25. The van der Waals surface area contributed by atoms with Crippen molar-refractivity contribution >= 4 is 11.6 Å². The van der Waals surface area contributed by atoms with Crippen LogP contribution in [0.1, 0.15) is 21.7 Å². The molecule has 27 heavy (non-hydrogen) atoms.